The van der Waals surface area contributed by atoms with Crippen molar-refractivity contribution in [3.05, 3.63) is 46.9 Å². The monoisotopic (exact) mass is 341 g/mol. The second-order valence-electron chi connectivity index (χ2n) is 6.78. The van der Waals surface area contributed by atoms with Gasteiger partial charge in [-0.25, -0.2) is 19.7 Å². The minimum Gasteiger partial charge on any atom is -0.338 e. The van der Waals surface area contributed by atoms with Crippen LogP contribution in [-0.2, 0) is 13.6 Å². The van der Waals surface area contributed by atoms with Gasteiger partial charge in [0.2, 0.25) is 5.95 Å². The number of nitrogens with zero attached hydrogens (tertiary/aromatic N) is 7. The quantitative estimate of drug-likeness (QED) is 0.748. The van der Waals surface area contributed by atoms with Crippen molar-refractivity contribution in [3.8, 4) is 0 Å². The molecule has 0 spiro atoms. The molecule has 2 aromatic heterocycles. The van der Waals surface area contributed by atoms with Gasteiger partial charge >= 0.3 is 5.69 Å². The Labute approximate surface area is 146 Å². The molecule has 8 heteroatoms. The van der Waals surface area contributed by atoms with E-state index >= 15 is 0 Å². The van der Waals surface area contributed by atoms with Gasteiger partial charge in [-0.3, -0.25) is 9.80 Å². The number of anilines is 1. The van der Waals surface area contributed by atoms with E-state index in [1.54, 1.807) is 25.6 Å². The van der Waals surface area contributed by atoms with Gasteiger partial charge in [0.15, 0.2) is 0 Å². The third-order valence-electron chi connectivity index (χ3n) is 5.01. The Morgan fingerprint density at radius 1 is 1.08 bits per heavy atom. The Morgan fingerprint density at radius 2 is 1.80 bits per heavy atom. The molecular formula is C17H23N7O. The standard InChI is InChI=1S/C17H23N7O/c1-21-10-14(9-20-17(21)25)11-22-12-15(13-22)23-5-7-24(8-6-23)16-18-3-2-4-19-16/h2-4,9-10,15H,5-8,11-13H2,1H3. The first-order chi connectivity index (χ1) is 12.2. The molecule has 0 aliphatic carbocycles. The van der Waals surface area contributed by atoms with E-state index in [2.05, 4.69) is 29.7 Å². The molecule has 2 aromatic rings. The van der Waals surface area contributed by atoms with E-state index in [1.807, 2.05) is 12.3 Å². The second-order valence-corrected chi connectivity index (χ2v) is 6.78. The first-order valence-corrected chi connectivity index (χ1v) is 8.69. The van der Waals surface area contributed by atoms with Crippen LogP contribution in [0.25, 0.3) is 0 Å². The summed E-state index contributed by atoms with van der Waals surface area (Å²) in [6.45, 7) is 7.07. The topological polar surface area (TPSA) is 70.4 Å². The van der Waals surface area contributed by atoms with Gasteiger partial charge in [-0.15, -0.1) is 0 Å². The largest absolute Gasteiger partial charge is 0.347 e. The van der Waals surface area contributed by atoms with Crippen LogP contribution >= 0.6 is 0 Å². The van der Waals surface area contributed by atoms with Crippen molar-refractivity contribution in [1.82, 2.24) is 29.3 Å². The number of likely N-dealkylation sites (tertiary alicyclic amines) is 1. The smallest absolute Gasteiger partial charge is 0.338 e. The van der Waals surface area contributed by atoms with Crippen molar-refractivity contribution in [2.45, 2.75) is 12.6 Å². The van der Waals surface area contributed by atoms with E-state index in [4.69, 9.17) is 0 Å². The Balaban J connectivity index is 1.25. The summed E-state index contributed by atoms with van der Waals surface area (Å²) < 4.78 is 1.54. The third-order valence-corrected chi connectivity index (χ3v) is 5.01. The number of hydrogen-bond donors (Lipinski definition) is 0. The zero-order valence-corrected chi connectivity index (χ0v) is 14.5. The van der Waals surface area contributed by atoms with Crippen LogP contribution in [0.5, 0.6) is 0 Å². The summed E-state index contributed by atoms with van der Waals surface area (Å²) in [6, 6.07) is 2.47. The number of aromatic nitrogens is 4. The van der Waals surface area contributed by atoms with E-state index in [9.17, 15) is 4.79 Å². The molecule has 0 bridgehead atoms. The van der Waals surface area contributed by atoms with Gasteiger partial charge in [0, 0.05) is 89.3 Å². The van der Waals surface area contributed by atoms with Crippen molar-refractivity contribution >= 4 is 5.95 Å². The predicted octanol–water partition coefficient (Wildman–Crippen LogP) is -0.423. The lowest BCUT2D eigenvalue weighted by atomic mass is 10.1. The highest BCUT2D eigenvalue weighted by molar-refractivity contribution is 5.29. The molecule has 0 unspecified atom stereocenters. The van der Waals surface area contributed by atoms with Gasteiger partial charge in [0.05, 0.1) is 0 Å². The van der Waals surface area contributed by atoms with Gasteiger partial charge in [0.25, 0.3) is 0 Å². The predicted molar refractivity (Wildman–Crippen MR) is 94.4 cm³/mol. The zero-order valence-electron chi connectivity index (χ0n) is 14.5. The maximum atomic E-state index is 11.3. The lowest BCUT2D eigenvalue weighted by Crippen LogP contribution is -2.62. The molecule has 0 amide bonds. The fraction of sp³-hybridized carbons (Fsp3) is 0.529. The first-order valence-electron chi connectivity index (χ1n) is 8.69. The summed E-state index contributed by atoms with van der Waals surface area (Å²) in [6.07, 6.45) is 7.16. The van der Waals surface area contributed by atoms with Crippen molar-refractivity contribution in [2.75, 3.05) is 44.2 Å². The van der Waals surface area contributed by atoms with Crippen molar-refractivity contribution in [3.63, 3.8) is 0 Å². The van der Waals surface area contributed by atoms with Crippen LogP contribution in [0.15, 0.2) is 35.6 Å². The summed E-state index contributed by atoms with van der Waals surface area (Å²) in [5, 5.41) is 0. The molecule has 0 aromatic carbocycles. The summed E-state index contributed by atoms with van der Waals surface area (Å²) in [4.78, 5) is 31.1. The zero-order chi connectivity index (χ0) is 17.2. The molecular weight excluding hydrogens is 318 g/mol. The molecule has 2 aliphatic heterocycles. The Morgan fingerprint density at radius 3 is 2.48 bits per heavy atom. The maximum Gasteiger partial charge on any atom is 0.347 e. The van der Waals surface area contributed by atoms with Crippen LogP contribution in [0, 0.1) is 0 Å². The average Bonchev–Trinajstić information content (AvgIpc) is 2.62. The van der Waals surface area contributed by atoms with E-state index in [1.165, 1.54) is 4.57 Å². The molecule has 8 nitrogen and oxygen atoms in total. The summed E-state index contributed by atoms with van der Waals surface area (Å²) >= 11 is 0. The Hall–Kier alpha value is -2.32. The highest BCUT2D eigenvalue weighted by atomic mass is 16.1. The molecule has 2 saturated heterocycles. The normalized spacial score (nSPS) is 19.8. The van der Waals surface area contributed by atoms with E-state index in [0.29, 0.717) is 6.04 Å². The van der Waals surface area contributed by atoms with E-state index < -0.39 is 0 Å². The Bertz CT molecular complexity index is 764. The minimum absolute atomic E-state index is 0.203. The molecule has 25 heavy (non-hydrogen) atoms. The van der Waals surface area contributed by atoms with Crippen LogP contribution in [0.3, 0.4) is 0 Å². The average molecular weight is 341 g/mol. The summed E-state index contributed by atoms with van der Waals surface area (Å²) in [7, 11) is 1.74. The molecule has 0 radical (unpaired) electrons. The fourth-order valence-electron chi connectivity index (χ4n) is 3.55. The molecule has 2 fully saturated rings. The lowest BCUT2D eigenvalue weighted by Gasteiger charge is -2.48. The van der Waals surface area contributed by atoms with E-state index in [0.717, 1.165) is 57.3 Å². The van der Waals surface area contributed by atoms with E-state index in [-0.39, 0.29) is 5.69 Å². The second kappa shape index (κ2) is 6.89. The van der Waals surface area contributed by atoms with Crippen LogP contribution in [-0.4, -0.2) is 74.6 Å². The lowest BCUT2D eigenvalue weighted by molar-refractivity contribution is 0.0253. The highest BCUT2D eigenvalue weighted by Gasteiger charge is 2.33. The van der Waals surface area contributed by atoms with Gasteiger partial charge in [0.1, 0.15) is 0 Å². The molecule has 2 aliphatic rings. The van der Waals surface area contributed by atoms with Crippen molar-refractivity contribution < 1.29 is 0 Å². The van der Waals surface area contributed by atoms with Crippen LogP contribution < -0.4 is 10.6 Å². The number of rotatable bonds is 4. The minimum atomic E-state index is -0.203. The van der Waals surface area contributed by atoms with Gasteiger partial charge in [-0.1, -0.05) is 0 Å². The first kappa shape index (κ1) is 16.2. The van der Waals surface area contributed by atoms with Gasteiger partial charge in [-0.05, 0) is 6.07 Å². The van der Waals surface area contributed by atoms with Crippen LogP contribution in [0.2, 0.25) is 0 Å². The SMILES string of the molecule is Cn1cc(CN2CC(N3CCN(c4ncccn4)CC3)C2)cnc1=O. The number of hydrogen-bond acceptors (Lipinski definition) is 7. The third kappa shape index (κ3) is 3.54. The van der Waals surface area contributed by atoms with Crippen LogP contribution in [0.4, 0.5) is 5.95 Å². The molecule has 4 rings (SSSR count). The maximum absolute atomic E-state index is 11.3. The highest BCUT2D eigenvalue weighted by Crippen LogP contribution is 2.20. The van der Waals surface area contributed by atoms with Gasteiger partial charge < -0.3 is 9.47 Å². The molecule has 0 saturated carbocycles. The van der Waals surface area contributed by atoms with Crippen LogP contribution in [0.1, 0.15) is 5.56 Å². The summed E-state index contributed by atoms with van der Waals surface area (Å²) in [5.41, 5.74) is 0.886. The molecule has 132 valence electrons. The van der Waals surface area contributed by atoms with Gasteiger partial charge in [-0.2, -0.15) is 0 Å². The van der Waals surface area contributed by atoms with Crippen molar-refractivity contribution in [1.29, 1.82) is 0 Å². The Kier molecular flexibility index (Phi) is 4.46. The number of aryl methyl sites for hydroxylation is 1. The summed E-state index contributed by atoms with van der Waals surface area (Å²) in [5.74, 6) is 0.833. The fourth-order valence-corrected chi connectivity index (χ4v) is 3.55. The molecule has 4 heterocycles. The number of piperazine rings is 1. The van der Waals surface area contributed by atoms with Crippen molar-refractivity contribution in [2.24, 2.45) is 7.05 Å². The molecule has 0 atom stereocenters. The molecule has 0 N–H and O–H groups in total.